The van der Waals surface area contributed by atoms with Crippen molar-refractivity contribution in [3.8, 4) is 0 Å². The number of carbonyl (C=O) groups excluding carboxylic acids is 1. The molecule has 0 saturated heterocycles. The number of rotatable bonds is 6. The third-order valence-electron chi connectivity index (χ3n) is 3.14. The number of nitrogens with zero attached hydrogens (tertiary/aromatic N) is 2. The predicted molar refractivity (Wildman–Crippen MR) is 88.3 cm³/mol. The number of nitro benzene ring substituents is 1. The summed E-state index contributed by atoms with van der Waals surface area (Å²) in [6.45, 7) is 11.1. The number of nitrogens with one attached hydrogen (secondary N) is 1. The number of hydrogen-bond donors (Lipinski definition) is 1. The van der Waals surface area contributed by atoms with Crippen LogP contribution in [0.2, 0.25) is 0 Å². The van der Waals surface area contributed by atoms with Crippen LogP contribution in [0, 0.1) is 28.9 Å². The van der Waals surface area contributed by atoms with Crippen LogP contribution < -0.4 is 10.2 Å². The van der Waals surface area contributed by atoms with E-state index in [1.54, 1.807) is 17.9 Å². The van der Waals surface area contributed by atoms with Gasteiger partial charge in [-0.3, -0.25) is 15.0 Å². The molecule has 0 radical (unpaired) electrons. The molecule has 0 aliphatic rings. The van der Waals surface area contributed by atoms with Crippen LogP contribution in [0.4, 0.5) is 16.2 Å². The number of aryl methyl sites for hydroxylation is 1. The number of nitro groups is 1. The maximum Gasteiger partial charge on any atom is 0.321 e. The minimum absolute atomic E-state index is 0.0355. The molecule has 6 nitrogen and oxygen atoms in total. The largest absolute Gasteiger partial charge is 0.337 e. The van der Waals surface area contributed by atoms with E-state index in [1.807, 2.05) is 27.7 Å². The number of anilines is 1. The van der Waals surface area contributed by atoms with E-state index in [4.69, 9.17) is 0 Å². The molecule has 0 saturated carbocycles. The fraction of sp³-hybridized carbons (Fsp3) is 0.562. The molecule has 0 aliphatic heterocycles. The maximum absolute atomic E-state index is 12.4. The predicted octanol–water partition coefficient (Wildman–Crippen LogP) is 3.73. The summed E-state index contributed by atoms with van der Waals surface area (Å²) in [6, 6.07) is 4.41. The number of amides is 2. The average Bonchev–Trinajstić information content (AvgIpc) is 2.42. The standard InChI is InChI=1S/C16H25N3O3/c1-11(2)9-17-16(20)18(10-12(3)4)15-7-6-14(19(21)22)8-13(15)5/h6-8,11-12H,9-10H2,1-5H3,(H,17,20). The van der Waals surface area contributed by atoms with Gasteiger partial charge in [0.25, 0.3) is 5.69 Å². The molecule has 0 unspecified atom stereocenters. The van der Waals surface area contributed by atoms with Gasteiger partial charge in [-0.1, -0.05) is 27.7 Å². The topological polar surface area (TPSA) is 75.5 Å². The van der Waals surface area contributed by atoms with Crippen molar-refractivity contribution in [2.24, 2.45) is 11.8 Å². The highest BCUT2D eigenvalue weighted by Gasteiger charge is 2.20. The highest BCUT2D eigenvalue weighted by molar-refractivity contribution is 5.93. The summed E-state index contributed by atoms with van der Waals surface area (Å²) in [5.41, 5.74) is 1.46. The monoisotopic (exact) mass is 307 g/mol. The zero-order chi connectivity index (χ0) is 16.9. The lowest BCUT2D eigenvalue weighted by Crippen LogP contribution is -2.43. The van der Waals surface area contributed by atoms with Gasteiger partial charge in [0.05, 0.1) is 4.92 Å². The molecule has 0 bridgehead atoms. The number of benzene rings is 1. The number of carbonyl (C=O) groups is 1. The van der Waals surface area contributed by atoms with Crippen LogP contribution >= 0.6 is 0 Å². The first-order chi connectivity index (χ1) is 10.2. The minimum atomic E-state index is -0.428. The molecule has 1 rings (SSSR count). The van der Waals surface area contributed by atoms with Crippen LogP contribution in [0.3, 0.4) is 0 Å². The Morgan fingerprint density at radius 1 is 1.27 bits per heavy atom. The Hall–Kier alpha value is -2.11. The third kappa shape index (κ3) is 5.02. The van der Waals surface area contributed by atoms with E-state index in [1.165, 1.54) is 12.1 Å². The first kappa shape index (κ1) is 17.9. The van der Waals surface area contributed by atoms with Gasteiger partial charge in [-0.2, -0.15) is 0 Å². The molecule has 0 spiro atoms. The average molecular weight is 307 g/mol. The van der Waals surface area contributed by atoms with E-state index in [9.17, 15) is 14.9 Å². The lowest BCUT2D eigenvalue weighted by Gasteiger charge is -2.26. The van der Waals surface area contributed by atoms with E-state index in [-0.39, 0.29) is 11.7 Å². The Morgan fingerprint density at radius 3 is 2.36 bits per heavy atom. The summed E-state index contributed by atoms with van der Waals surface area (Å²) < 4.78 is 0. The smallest absolute Gasteiger partial charge is 0.321 e. The summed E-state index contributed by atoms with van der Waals surface area (Å²) in [5, 5.41) is 13.7. The van der Waals surface area contributed by atoms with Gasteiger partial charge in [0, 0.05) is 30.9 Å². The zero-order valence-electron chi connectivity index (χ0n) is 13.9. The number of non-ortho nitro benzene ring substituents is 1. The molecule has 0 aliphatic carbocycles. The lowest BCUT2D eigenvalue weighted by atomic mass is 10.1. The lowest BCUT2D eigenvalue weighted by molar-refractivity contribution is -0.384. The van der Waals surface area contributed by atoms with Crippen molar-refractivity contribution >= 4 is 17.4 Å². The molecule has 22 heavy (non-hydrogen) atoms. The van der Waals surface area contributed by atoms with Gasteiger partial charge < -0.3 is 5.32 Å². The first-order valence-corrected chi connectivity index (χ1v) is 7.52. The zero-order valence-corrected chi connectivity index (χ0v) is 13.9. The Kier molecular flexibility index (Phi) is 6.34. The van der Waals surface area contributed by atoms with Crippen LogP contribution in [0.1, 0.15) is 33.3 Å². The summed E-state index contributed by atoms with van der Waals surface area (Å²) in [6.07, 6.45) is 0. The molecule has 1 N–H and O–H groups in total. The van der Waals surface area contributed by atoms with E-state index >= 15 is 0 Å². The Balaban J connectivity index is 3.06. The van der Waals surface area contributed by atoms with Crippen molar-refractivity contribution in [1.82, 2.24) is 5.32 Å². The molecule has 0 aromatic heterocycles. The van der Waals surface area contributed by atoms with Crippen molar-refractivity contribution in [1.29, 1.82) is 0 Å². The fourth-order valence-electron chi connectivity index (χ4n) is 2.10. The van der Waals surface area contributed by atoms with E-state index in [0.29, 0.717) is 30.6 Å². The van der Waals surface area contributed by atoms with Crippen LogP contribution in [0.5, 0.6) is 0 Å². The molecule has 1 aromatic carbocycles. The highest BCUT2D eigenvalue weighted by atomic mass is 16.6. The van der Waals surface area contributed by atoms with Crippen molar-refractivity contribution in [3.63, 3.8) is 0 Å². The summed E-state index contributed by atoms with van der Waals surface area (Å²) >= 11 is 0. The van der Waals surface area contributed by atoms with E-state index < -0.39 is 4.92 Å². The molecule has 0 fully saturated rings. The Morgan fingerprint density at radius 2 is 1.91 bits per heavy atom. The highest BCUT2D eigenvalue weighted by Crippen LogP contribution is 2.25. The van der Waals surface area contributed by atoms with Crippen LogP contribution in [-0.2, 0) is 0 Å². The van der Waals surface area contributed by atoms with Gasteiger partial charge in [0.1, 0.15) is 0 Å². The Labute approximate surface area is 131 Å². The summed E-state index contributed by atoms with van der Waals surface area (Å²) in [4.78, 5) is 24.5. The van der Waals surface area contributed by atoms with Gasteiger partial charge in [-0.25, -0.2) is 4.79 Å². The van der Waals surface area contributed by atoms with Crippen molar-refractivity contribution < 1.29 is 9.72 Å². The second-order valence-corrected chi connectivity index (χ2v) is 6.31. The molecular weight excluding hydrogens is 282 g/mol. The molecule has 2 amide bonds. The van der Waals surface area contributed by atoms with Gasteiger partial charge in [-0.15, -0.1) is 0 Å². The second kappa shape index (κ2) is 7.77. The molecule has 1 aromatic rings. The van der Waals surface area contributed by atoms with Crippen molar-refractivity contribution in [2.75, 3.05) is 18.0 Å². The van der Waals surface area contributed by atoms with Gasteiger partial charge >= 0.3 is 6.03 Å². The number of hydrogen-bond acceptors (Lipinski definition) is 3. The normalized spacial score (nSPS) is 10.9. The van der Waals surface area contributed by atoms with Gasteiger partial charge in [0.15, 0.2) is 0 Å². The number of urea groups is 1. The SMILES string of the molecule is Cc1cc([N+](=O)[O-])ccc1N(CC(C)C)C(=O)NCC(C)C. The molecule has 0 heterocycles. The third-order valence-corrected chi connectivity index (χ3v) is 3.14. The molecule has 0 atom stereocenters. The fourth-order valence-corrected chi connectivity index (χ4v) is 2.10. The molecule has 6 heteroatoms. The van der Waals surface area contributed by atoms with E-state index in [0.717, 1.165) is 5.56 Å². The van der Waals surface area contributed by atoms with Crippen molar-refractivity contribution in [2.45, 2.75) is 34.6 Å². The Bertz CT molecular complexity index is 541. The van der Waals surface area contributed by atoms with E-state index in [2.05, 4.69) is 5.32 Å². The summed E-state index contributed by atoms with van der Waals surface area (Å²) in [7, 11) is 0. The van der Waals surface area contributed by atoms with Crippen LogP contribution in [-0.4, -0.2) is 24.0 Å². The van der Waals surface area contributed by atoms with Gasteiger partial charge in [0.2, 0.25) is 0 Å². The minimum Gasteiger partial charge on any atom is -0.337 e. The maximum atomic E-state index is 12.4. The van der Waals surface area contributed by atoms with Crippen LogP contribution in [0.25, 0.3) is 0 Å². The molecular formula is C16H25N3O3. The van der Waals surface area contributed by atoms with Gasteiger partial charge in [-0.05, 0) is 30.4 Å². The van der Waals surface area contributed by atoms with Crippen LogP contribution in [0.15, 0.2) is 18.2 Å². The second-order valence-electron chi connectivity index (χ2n) is 6.31. The summed E-state index contributed by atoms with van der Waals surface area (Å²) in [5.74, 6) is 0.655. The molecule has 122 valence electrons. The van der Waals surface area contributed by atoms with Crippen molar-refractivity contribution in [3.05, 3.63) is 33.9 Å². The first-order valence-electron chi connectivity index (χ1n) is 7.52. The quantitative estimate of drug-likeness (QED) is 0.642.